The first-order chi connectivity index (χ1) is 11.9. The van der Waals surface area contributed by atoms with E-state index in [2.05, 4.69) is 67.9 Å². The molecular formula is C19H30N4OS. The van der Waals surface area contributed by atoms with Crippen molar-refractivity contribution < 1.29 is 4.42 Å². The number of nitrogens with zero attached hydrogens (tertiary/aromatic N) is 2. The summed E-state index contributed by atoms with van der Waals surface area (Å²) in [5.74, 6) is 1.79. The standard InChI is InChI=1S/C19H30N4OS/c1-6-20-18(22-14-19(2,3)17-10-8-12-25-17)21-13-15(23(4)5)16-9-7-11-24-16/h7-12,15H,6,13-14H2,1-5H3,(H2,20,21,22). The molecule has 2 heterocycles. The summed E-state index contributed by atoms with van der Waals surface area (Å²) in [5, 5.41) is 8.90. The summed E-state index contributed by atoms with van der Waals surface area (Å²) in [5.41, 5.74) is 0.0263. The molecule has 0 fully saturated rings. The molecule has 25 heavy (non-hydrogen) atoms. The van der Waals surface area contributed by atoms with Crippen LogP contribution in [0.15, 0.2) is 45.3 Å². The molecule has 0 amide bonds. The van der Waals surface area contributed by atoms with Crippen LogP contribution in [0.2, 0.25) is 0 Å². The van der Waals surface area contributed by atoms with E-state index in [0.29, 0.717) is 0 Å². The Morgan fingerprint density at radius 2 is 2.08 bits per heavy atom. The summed E-state index contributed by atoms with van der Waals surface area (Å²) in [7, 11) is 4.11. The molecule has 0 aliphatic heterocycles. The summed E-state index contributed by atoms with van der Waals surface area (Å²) < 4.78 is 5.57. The van der Waals surface area contributed by atoms with Gasteiger partial charge in [-0.25, -0.2) is 0 Å². The van der Waals surface area contributed by atoms with Crippen LogP contribution in [0.5, 0.6) is 0 Å². The Morgan fingerprint density at radius 3 is 2.64 bits per heavy atom. The van der Waals surface area contributed by atoms with Crippen LogP contribution >= 0.6 is 11.3 Å². The van der Waals surface area contributed by atoms with Gasteiger partial charge >= 0.3 is 0 Å². The fourth-order valence-electron chi connectivity index (χ4n) is 2.57. The van der Waals surface area contributed by atoms with Crippen LogP contribution in [-0.2, 0) is 5.41 Å². The first-order valence-electron chi connectivity index (χ1n) is 8.70. The van der Waals surface area contributed by atoms with Crippen molar-refractivity contribution in [3.05, 3.63) is 46.5 Å². The monoisotopic (exact) mass is 362 g/mol. The smallest absolute Gasteiger partial charge is 0.191 e. The van der Waals surface area contributed by atoms with Crippen LogP contribution in [0.4, 0.5) is 0 Å². The SMILES string of the molecule is CCNC(=NCC(C)(C)c1cccs1)NCC(c1ccco1)N(C)C. The lowest BCUT2D eigenvalue weighted by Crippen LogP contribution is -2.42. The van der Waals surface area contributed by atoms with Crippen LogP contribution in [0.25, 0.3) is 0 Å². The zero-order chi connectivity index (χ0) is 18.3. The van der Waals surface area contributed by atoms with E-state index in [-0.39, 0.29) is 11.5 Å². The van der Waals surface area contributed by atoms with E-state index in [9.17, 15) is 0 Å². The van der Waals surface area contributed by atoms with Gasteiger partial charge in [0.2, 0.25) is 0 Å². The highest BCUT2D eigenvalue weighted by Gasteiger charge is 2.22. The van der Waals surface area contributed by atoms with Crippen molar-refractivity contribution in [2.45, 2.75) is 32.2 Å². The summed E-state index contributed by atoms with van der Waals surface area (Å²) in [4.78, 5) is 8.30. The second-order valence-electron chi connectivity index (χ2n) is 6.93. The van der Waals surface area contributed by atoms with E-state index >= 15 is 0 Å². The van der Waals surface area contributed by atoms with Crippen molar-refractivity contribution in [3.63, 3.8) is 0 Å². The van der Waals surface area contributed by atoms with Crippen molar-refractivity contribution >= 4 is 17.3 Å². The van der Waals surface area contributed by atoms with Crippen LogP contribution in [-0.4, -0.2) is 44.6 Å². The van der Waals surface area contributed by atoms with E-state index in [1.54, 1.807) is 17.6 Å². The Bertz CT molecular complexity index is 632. The van der Waals surface area contributed by atoms with Gasteiger partial charge in [-0.05, 0) is 44.6 Å². The van der Waals surface area contributed by atoms with Crippen molar-refractivity contribution in [1.29, 1.82) is 0 Å². The van der Waals surface area contributed by atoms with E-state index in [4.69, 9.17) is 9.41 Å². The lowest BCUT2D eigenvalue weighted by molar-refractivity contribution is 0.258. The second kappa shape index (κ2) is 9.06. The van der Waals surface area contributed by atoms with Gasteiger partial charge in [0.25, 0.3) is 0 Å². The van der Waals surface area contributed by atoms with Gasteiger partial charge in [-0.2, -0.15) is 0 Å². The molecule has 1 unspecified atom stereocenters. The molecule has 5 nitrogen and oxygen atoms in total. The van der Waals surface area contributed by atoms with Crippen molar-refractivity contribution in [2.75, 3.05) is 33.7 Å². The molecule has 0 aromatic carbocycles. The predicted molar refractivity (Wildman–Crippen MR) is 106 cm³/mol. The highest BCUT2D eigenvalue weighted by molar-refractivity contribution is 7.10. The summed E-state index contributed by atoms with van der Waals surface area (Å²) in [6.07, 6.45) is 1.72. The molecule has 0 spiro atoms. The first-order valence-corrected chi connectivity index (χ1v) is 9.58. The minimum atomic E-state index is 0.0263. The molecule has 0 saturated heterocycles. The van der Waals surface area contributed by atoms with Gasteiger partial charge in [0.15, 0.2) is 5.96 Å². The van der Waals surface area contributed by atoms with E-state index in [0.717, 1.165) is 31.4 Å². The third kappa shape index (κ3) is 5.61. The van der Waals surface area contributed by atoms with E-state index in [1.807, 2.05) is 12.1 Å². The number of hydrogen-bond donors (Lipinski definition) is 2. The number of aliphatic imine (C=N–C) groups is 1. The lowest BCUT2D eigenvalue weighted by atomic mass is 9.92. The van der Waals surface area contributed by atoms with Crippen LogP contribution in [0.1, 0.15) is 37.5 Å². The second-order valence-corrected chi connectivity index (χ2v) is 7.88. The third-order valence-corrected chi connectivity index (χ3v) is 5.36. The topological polar surface area (TPSA) is 52.8 Å². The molecular weight excluding hydrogens is 332 g/mol. The number of likely N-dealkylation sites (N-methyl/N-ethyl adjacent to an activating group) is 1. The van der Waals surface area contributed by atoms with Crippen LogP contribution < -0.4 is 10.6 Å². The minimum Gasteiger partial charge on any atom is -0.468 e. The van der Waals surface area contributed by atoms with Gasteiger partial charge in [-0.15, -0.1) is 11.3 Å². The van der Waals surface area contributed by atoms with Gasteiger partial charge in [0, 0.05) is 23.4 Å². The molecule has 2 rings (SSSR count). The zero-order valence-electron chi connectivity index (χ0n) is 15.9. The molecule has 6 heteroatoms. The van der Waals surface area contributed by atoms with Gasteiger partial charge in [-0.1, -0.05) is 19.9 Å². The molecule has 0 radical (unpaired) electrons. The number of guanidine groups is 1. The van der Waals surface area contributed by atoms with Gasteiger partial charge in [0.05, 0.1) is 18.8 Å². The first kappa shape index (κ1) is 19.5. The van der Waals surface area contributed by atoms with Crippen LogP contribution in [0.3, 0.4) is 0 Å². The van der Waals surface area contributed by atoms with Gasteiger partial charge in [-0.3, -0.25) is 9.89 Å². The highest BCUT2D eigenvalue weighted by atomic mass is 32.1. The van der Waals surface area contributed by atoms with Crippen molar-refractivity contribution in [1.82, 2.24) is 15.5 Å². The van der Waals surface area contributed by atoms with Crippen LogP contribution in [0, 0.1) is 0 Å². The Hall–Kier alpha value is -1.79. The van der Waals surface area contributed by atoms with Gasteiger partial charge in [0.1, 0.15) is 5.76 Å². The summed E-state index contributed by atoms with van der Waals surface area (Å²) >= 11 is 1.79. The maximum absolute atomic E-state index is 5.57. The predicted octanol–water partition coefficient (Wildman–Crippen LogP) is 3.48. The normalized spacial score (nSPS) is 13.9. The fourth-order valence-corrected chi connectivity index (χ4v) is 3.42. The maximum Gasteiger partial charge on any atom is 0.191 e. The average molecular weight is 363 g/mol. The molecule has 2 aromatic rings. The Morgan fingerprint density at radius 1 is 1.28 bits per heavy atom. The Balaban J connectivity index is 2.02. The molecule has 1 atom stereocenters. The lowest BCUT2D eigenvalue weighted by Gasteiger charge is -2.25. The third-order valence-electron chi connectivity index (χ3n) is 4.12. The zero-order valence-corrected chi connectivity index (χ0v) is 16.7. The Kier molecular flexibility index (Phi) is 7.08. The number of hydrogen-bond acceptors (Lipinski definition) is 4. The van der Waals surface area contributed by atoms with E-state index < -0.39 is 0 Å². The van der Waals surface area contributed by atoms with Crippen molar-refractivity contribution in [3.8, 4) is 0 Å². The van der Waals surface area contributed by atoms with Crippen molar-refractivity contribution in [2.24, 2.45) is 4.99 Å². The number of nitrogens with one attached hydrogen (secondary N) is 2. The largest absolute Gasteiger partial charge is 0.468 e. The molecule has 0 aliphatic rings. The number of furan rings is 1. The number of thiophene rings is 1. The fraction of sp³-hybridized carbons (Fsp3) is 0.526. The molecule has 138 valence electrons. The highest BCUT2D eigenvalue weighted by Crippen LogP contribution is 2.27. The molecule has 2 N–H and O–H groups in total. The van der Waals surface area contributed by atoms with E-state index in [1.165, 1.54) is 4.88 Å². The maximum atomic E-state index is 5.57. The molecule has 0 aliphatic carbocycles. The van der Waals surface area contributed by atoms with Gasteiger partial charge < -0.3 is 15.1 Å². The minimum absolute atomic E-state index is 0.0263. The Labute approximate surface area is 155 Å². The average Bonchev–Trinajstić information content (AvgIpc) is 3.26. The number of rotatable bonds is 8. The summed E-state index contributed by atoms with van der Waals surface area (Å²) in [6, 6.07) is 8.37. The quantitative estimate of drug-likeness (QED) is 0.558. The summed E-state index contributed by atoms with van der Waals surface area (Å²) in [6.45, 7) is 8.84. The molecule has 0 bridgehead atoms. The molecule has 0 saturated carbocycles. The molecule has 2 aromatic heterocycles.